The Hall–Kier alpha value is -2.11. The average Bonchev–Trinajstić information content (AvgIpc) is 3.26. The van der Waals surface area contributed by atoms with Crippen molar-refractivity contribution in [3.8, 4) is 28.1 Å². The second-order valence-electron chi connectivity index (χ2n) is 7.00. The van der Waals surface area contributed by atoms with Gasteiger partial charge in [0, 0.05) is 16.1 Å². The summed E-state index contributed by atoms with van der Waals surface area (Å²) in [5.74, 6) is -0.0822. The summed E-state index contributed by atoms with van der Waals surface area (Å²) in [6.07, 6.45) is 6.42. The van der Waals surface area contributed by atoms with E-state index in [0.29, 0.717) is 23.2 Å². The zero-order valence-corrected chi connectivity index (χ0v) is 19.4. The molecule has 1 aliphatic carbocycles. The second-order valence-corrected chi connectivity index (χ2v) is 7.44. The van der Waals surface area contributed by atoms with Crippen LogP contribution in [0, 0.1) is 5.92 Å². The minimum atomic E-state index is -1.30. The predicted octanol–water partition coefficient (Wildman–Crippen LogP) is 1.78. The van der Waals surface area contributed by atoms with Crippen LogP contribution in [-0.4, -0.2) is 17.6 Å². The summed E-state index contributed by atoms with van der Waals surface area (Å²) in [5, 5.41) is 11.8. The van der Waals surface area contributed by atoms with Crippen molar-refractivity contribution in [3.63, 3.8) is 0 Å². The van der Waals surface area contributed by atoms with Crippen LogP contribution in [0.5, 0.6) is 5.75 Å². The van der Waals surface area contributed by atoms with E-state index >= 15 is 0 Å². The fourth-order valence-electron chi connectivity index (χ4n) is 3.50. The molecule has 0 saturated carbocycles. The number of nitrogens with zero attached hydrogens (tertiary/aromatic N) is 1. The molecular weight excluding hydrogens is 409 g/mol. The number of ether oxygens (including phenoxy) is 1. The van der Waals surface area contributed by atoms with E-state index in [1.807, 2.05) is 42.5 Å². The number of hydrogen-bond acceptors (Lipinski definition) is 4. The first-order chi connectivity index (χ1) is 14.1. The first kappa shape index (κ1) is 22.6. The van der Waals surface area contributed by atoms with Gasteiger partial charge in [-0.3, -0.25) is 0 Å². The van der Waals surface area contributed by atoms with Gasteiger partial charge in [0.25, 0.3) is 0 Å². The Morgan fingerprint density at radius 1 is 1.00 bits per heavy atom. The number of hydrogen-bond donors (Lipinski definition) is 0. The van der Waals surface area contributed by atoms with Crippen molar-refractivity contribution >= 4 is 17.6 Å². The van der Waals surface area contributed by atoms with Gasteiger partial charge >= 0.3 is 29.6 Å². The fraction of sp³-hybridized carbons (Fsp3) is 0.167. The van der Waals surface area contributed by atoms with Crippen LogP contribution in [0.2, 0.25) is 5.02 Å². The number of aromatic nitrogens is 1. The van der Waals surface area contributed by atoms with Gasteiger partial charge in [-0.05, 0) is 54.7 Å². The molecule has 4 rings (SSSR count). The maximum Gasteiger partial charge on any atom is 1.00 e. The van der Waals surface area contributed by atoms with E-state index < -0.39 is 5.97 Å². The second kappa shape index (κ2) is 10.3. The zero-order chi connectivity index (χ0) is 20.2. The van der Waals surface area contributed by atoms with Crippen LogP contribution in [0.15, 0.2) is 72.8 Å². The van der Waals surface area contributed by atoms with E-state index in [2.05, 4.69) is 17.1 Å². The summed E-state index contributed by atoms with van der Waals surface area (Å²) < 4.78 is 6.16. The maximum absolute atomic E-state index is 11.2. The maximum atomic E-state index is 11.2. The van der Waals surface area contributed by atoms with Gasteiger partial charge in [-0.25, -0.2) is 4.98 Å². The SMILES string of the molecule is O=C([O-])c1cccc(-c2ccccc2-c2cc(Cl)ccc2OCC2CC=CC2)n1.[Na+]. The van der Waals surface area contributed by atoms with Crippen LogP contribution in [-0.2, 0) is 0 Å². The normalized spacial score (nSPS) is 13.1. The molecule has 1 aliphatic rings. The molecule has 1 heterocycles. The molecule has 30 heavy (non-hydrogen) atoms. The summed E-state index contributed by atoms with van der Waals surface area (Å²) in [4.78, 5) is 15.5. The topological polar surface area (TPSA) is 62.2 Å². The van der Waals surface area contributed by atoms with E-state index in [-0.39, 0.29) is 35.3 Å². The van der Waals surface area contributed by atoms with Crippen LogP contribution in [0.3, 0.4) is 0 Å². The van der Waals surface area contributed by atoms with Crippen molar-refractivity contribution in [3.05, 3.63) is 83.5 Å². The molecule has 2 aromatic carbocycles. The number of carbonyl (C=O) groups is 1. The van der Waals surface area contributed by atoms with E-state index in [1.54, 1.807) is 12.1 Å². The molecule has 146 valence electrons. The Balaban J connectivity index is 0.00000256. The van der Waals surface area contributed by atoms with Gasteiger partial charge in [0.1, 0.15) is 5.75 Å². The first-order valence-corrected chi connectivity index (χ1v) is 9.85. The number of allylic oxidation sites excluding steroid dienone is 2. The number of benzene rings is 2. The molecule has 0 amide bonds. The minimum absolute atomic E-state index is 0. The van der Waals surface area contributed by atoms with Crippen LogP contribution >= 0.6 is 11.6 Å². The molecule has 6 heteroatoms. The summed E-state index contributed by atoms with van der Waals surface area (Å²) in [6, 6.07) is 18.1. The summed E-state index contributed by atoms with van der Waals surface area (Å²) in [6.45, 7) is 0.627. The Labute approximate surface area is 202 Å². The third-order valence-electron chi connectivity index (χ3n) is 4.97. The zero-order valence-electron chi connectivity index (χ0n) is 16.7. The third-order valence-corrected chi connectivity index (χ3v) is 5.21. The first-order valence-electron chi connectivity index (χ1n) is 9.47. The monoisotopic (exact) mass is 427 g/mol. The number of pyridine rings is 1. The van der Waals surface area contributed by atoms with Crippen LogP contribution in [0.25, 0.3) is 22.4 Å². The van der Waals surface area contributed by atoms with Gasteiger partial charge in [-0.1, -0.05) is 54.1 Å². The fourth-order valence-corrected chi connectivity index (χ4v) is 3.67. The summed E-state index contributed by atoms with van der Waals surface area (Å²) in [7, 11) is 0. The van der Waals surface area contributed by atoms with Crippen LogP contribution in [0.4, 0.5) is 0 Å². The molecule has 4 nitrogen and oxygen atoms in total. The van der Waals surface area contributed by atoms with Gasteiger partial charge in [0.2, 0.25) is 0 Å². The van der Waals surface area contributed by atoms with Crippen molar-refractivity contribution in [1.82, 2.24) is 4.98 Å². The molecule has 3 aromatic rings. The molecule has 0 radical (unpaired) electrons. The van der Waals surface area contributed by atoms with Crippen molar-refractivity contribution < 1.29 is 44.2 Å². The van der Waals surface area contributed by atoms with Crippen molar-refractivity contribution in [1.29, 1.82) is 0 Å². The van der Waals surface area contributed by atoms with Crippen molar-refractivity contribution in [2.45, 2.75) is 12.8 Å². The standard InChI is InChI=1S/C24H20ClNO3.Na/c25-17-12-13-23(29-15-16-6-1-2-7-16)20(14-17)18-8-3-4-9-19(18)21-10-5-11-22(26-21)24(27)28;/h1-5,8-14,16H,6-7,15H2,(H,27,28);/q;+1/p-1. The molecule has 1 aromatic heterocycles. The molecule has 0 spiro atoms. The molecule has 0 aliphatic heterocycles. The van der Waals surface area contributed by atoms with Crippen LogP contribution in [0.1, 0.15) is 23.3 Å². The molecule has 0 fully saturated rings. The summed E-state index contributed by atoms with van der Waals surface area (Å²) in [5.41, 5.74) is 2.96. The van der Waals surface area contributed by atoms with Gasteiger partial charge in [0.15, 0.2) is 0 Å². The molecule has 0 atom stereocenters. The Bertz CT molecular complexity index is 1080. The van der Waals surface area contributed by atoms with Gasteiger partial charge in [0.05, 0.1) is 24.0 Å². The minimum Gasteiger partial charge on any atom is -0.543 e. The Morgan fingerprint density at radius 3 is 2.47 bits per heavy atom. The molecular formula is C24H19ClNNaO3. The Morgan fingerprint density at radius 2 is 1.73 bits per heavy atom. The van der Waals surface area contributed by atoms with E-state index in [1.165, 1.54) is 6.07 Å². The predicted molar refractivity (Wildman–Crippen MR) is 112 cm³/mol. The molecule has 0 bridgehead atoms. The van der Waals surface area contributed by atoms with Gasteiger partial charge < -0.3 is 14.6 Å². The molecule has 0 saturated heterocycles. The third kappa shape index (κ3) is 5.13. The summed E-state index contributed by atoms with van der Waals surface area (Å²) >= 11 is 6.29. The Kier molecular flexibility index (Phi) is 7.73. The quantitative estimate of drug-likeness (QED) is 0.444. The van der Waals surface area contributed by atoms with Crippen molar-refractivity contribution in [2.24, 2.45) is 5.92 Å². The number of carboxylic acids is 1. The number of carbonyl (C=O) groups excluding carboxylic acids is 1. The number of aromatic carboxylic acids is 1. The molecule has 0 unspecified atom stereocenters. The van der Waals surface area contributed by atoms with E-state index in [9.17, 15) is 9.90 Å². The van der Waals surface area contributed by atoms with E-state index in [0.717, 1.165) is 35.3 Å². The largest absolute Gasteiger partial charge is 1.00 e. The number of halogens is 1. The van der Waals surface area contributed by atoms with Crippen LogP contribution < -0.4 is 39.4 Å². The van der Waals surface area contributed by atoms with Gasteiger partial charge in [-0.15, -0.1) is 0 Å². The van der Waals surface area contributed by atoms with Gasteiger partial charge in [-0.2, -0.15) is 0 Å². The molecule has 0 N–H and O–H groups in total. The van der Waals surface area contributed by atoms with E-state index in [4.69, 9.17) is 16.3 Å². The number of carboxylic acid groups (broad SMARTS) is 1. The smallest absolute Gasteiger partial charge is 0.543 e. The average molecular weight is 428 g/mol. The number of rotatable bonds is 6. The van der Waals surface area contributed by atoms with Crippen molar-refractivity contribution in [2.75, 3.05) is 6.61 Å².